The number of fused-ring (bicyclic) bond motifs is 1. The van der Waals surface area contributed by atoms with Gasteiger partial charge in [0, 0.05) is 28.5 Å². The van der Waals surface area contributed by atoms with Gasteiger partial charge in [-0.1, -0.05) is 13.8 Å². The van der Waals surface area contributed by atoms with Crippen molar-refractivity contribution in [3.8, 4) is 5.69 Å². The molecule has 4 nitrogen and oxygen atoms in total. The second kappa shape index (κ2) is 5.85. The van der Waals surface area contributed by atoms with Crippen LogP contribution in [0, 0.1) is 11.2 Å². The molecule has 3 rings (SSSR count). The van der Waals surface area contributed by atoms with E-state index in [1.54, 1.807) is 12.1 Å². The van der Waals surface area contributed by atoms with Crippen LogP contribution in [0.5, 0.6) is 0 Å². The Kier molecular flexibility index (Phi) is 3.88. The van der Waals surface area contributed by atoms with Crippen LogP contribution >= 0.6 is 0 Å². The standard InChI is InChI=1S/C18H18FN3O/c1-11(2)17-8-12-7-16(21-23)13(10-20)9-18(12)22(17)15-5-3-14(19)4-6-15/h3-11,20-21,23H,1-2H3. The molecule has 3 N–H and O–H groups in total. The van der Waals surface area contributed by atoms with Crippen molar-refractivity contribution in [1.82, 2.24) is 4.57 Å². The molecule has 0 spiro atoms. The summed E-state index contributed by atoms with van der Waals surface area (Å²) in [6.45, 7) is 4.19. The van der Waals surface area contributed by atoms with Crippen molar-refractivity contribution in [2.75, 3.05) is 5.48 Å². The zero-order chi connectivity index (χ0) is 16.6. The summed E-state index contributed by atoms with van der Waals surface area (Å²) in [5.41, 5.74) is 6.06. The van der Waals surface area contributed by atoms with E-state index in [1.165, 1.54) is 18.3 Å². The second-order valence-electron chi connectivity index (χ2n) is 5.79. The molecule has 0 aliphatic heterocycles. The van der Waals surface area contributed by atoms with Gasteiger partial charge in [-0.3, -0.25) is 10.7 Å². The molecule has 0 saturated heterocycles. The average Bonchev–Trinajstić information content (AvgIpc) is 2.92. The fourth-order valence-electron chi connectivity index (χ4n) is 2.81. The number of aromatic nitrogens is 1. The van der Waals surface area contributed by atoms with Crippen molar-refractivity contribution in [2.24, 2.45) is 0 Å². The van der Waals surface area contributed by atoms with Crippen LogP contribution in [0.15, 0.2) is 42.5 Å². The lowest BCUT2D eigenvalue weighted by molar-refractivity contribution is 0.389. The van der Waals surface area contributed by atoms with Crippen molar-refractivity contribution >= 4 is 22.8 Å². The maximum absolute atomic E-state index is 13.2. The van der Waals surface area contributed by atoms with E-state index in [-0.39, 0.29) is 11.7 Å². The lowest BCUT2D eigenvalue weighted by atomic mass is 10.1. The van der Waals surface area contributed by atoms with E-state index in [0.29, 0.717) is 11.3 Å². The van der Waals surface area contributed by atoms with Gasteiger partial charge in [0.2, 0.25) is 0 Å². The topological polar surface area (TPSA) is 61.0 Å². The molecule has 0 aliphatic rings. The molecular weight excluding hydrogens is 293 g/mol. The summed E-state index contributed by atoms with van der Waals surface area (Å²) in [4.78, 5) is 0. The van der Waals surface area contributed by atoms with Gasteiger partial charge in [0.25, 0.3) is 0 Å². The van der Waals surface area contributed by atoms with Crippen molar-refractivity contribution < 1.29 is 9.60 Å². The molecule has 3 aromatic rings. The fraction of sp³-hybridized carbons (Fsp3) is 0.167. The first-order valence-corrected chi connectivity index (χ1v) is 7.41. The van der Waals surface area contributed by atoms with Gasteiger partial charge in [0.1, 0.15) is 5.82 Å². The van der Waals surface area contributed by atoms with Gasteiger partial charge < -0.3 is 9.98 Å². The number of anilines is 1. The Morgan fingerprint density at radius 3 is 2.43 bits per heavy atom. The monoisotopic (exact) mass is 311 g/mol. The summed E-state index contributed by atoms with van der Waals surface area (Å²) >= 11 is 0. The summed E-state index contributed by atoms with van der Waals surface area (Å²) in [6.07, 6.45) is 1.19. The third kappa shape index (κ3) is 2.59. The minimum absolute atomic E-state index is 0.265. The van der Waals surface area contributed by atoms with Crippen LogP contribution in [0.2, 0.25) is 0 Å². The first-order valence-electron chi connectivity index (χ1n) is 7.41. The quantitative estimate of drug-likeness (QED) is 0.483. The van der Waals surface area contributed by atoms with Crippen LogP contribution in [-0.2, 0) is 0 Å². The maximum atomic E-state index is 13.2. The van der Waals surface area contributed by atoms with Crippen LogP contribution in [0.3, 0.4) is 0 Å². The Morgan fingerprint density at radius 1 is 1.17 bits per heavy atom. The number of rotatable bonds is 4. The third-order valence-electron chi connectivity index (χ3n) is 3.95. The minimum Gasteiger partial charge on any atom is -0.313 e. The molecule has 0 fully saturated rings. The smallest absolute Gasteiger partial charge is 0.123 e. The molecule has 0 saturated carbocycles. The largest absolute Gasteiger partial charge is 0.313 e. The summed E-state index contributed by atoms with van der Waals surface area (Å²) < 4.78 is 15.3. The van der Waals surface area contributed by atoms with Gasteiger partial charge in [0.05, 0.1) is 11.2 Å². The van der Waals surface area contributed by atoms with E-state index in [0.717, 1.165) is 22.3 Å². The van der Waals surface area contributed by atoms with Gasteiger partial charge in [0.15, 0.2) is 0 Å². The zero-order valence-corrected chi connectivity index (χ0v) is 13.0. The van der Waals surface area contributed by atoms with E-state index in [2.05, 4.69) is 30.0 Å². The molecule has 5 heteroatoms. The van der Waals surface area contributed by atoms with Crippen LogP contribution in [0.25, 0.3) is 16.6 Å². The van der Waals surface area contributed by atoms with Crippen LogP contribution in [0.4, 0.5) is 10.1 Å². The number of hydrogen-bond acceptors (Lipinski definition) is 3. The predicted octanol–water partition coefficient (Wildman–Crippen LogP) is 4.69. The molecule has 0 aliphatic carbocycles. The molecule has 23 heavy (non-hydrogen) atoms. The summed E-state index contributed by atoms with van der Waals surface area (Å²) in [6, 6.07) is 12.1. The van der Waals surface area contributed by atoms with Crippen molar-refractivity contribution in [1.29, 1.82) is 5.41 Å². The highest BCUT2D eigenvalue weighted by Crippen LogP contribution is 2.32. The number of nitrogens with zero attached hydrogens (tertiary/aromatic N) is 1. The van der Waals surface area contributed by atoms with Crippen molar-refractivity contribution in [2.45, 2.75) is 19.8 Å². The predicted molar refractivity (Wildman–Crippen MR) is 90.6 cm³/mol. The van der Waals surface area contributed by atoms with Crippen LogP contribution < -0.4 is 5.48 Å². The molecule has 0 atom stereocenters. The lowest BCUT2D eigenvalue weighted by Crippen LogP contribution is -2.02. The molecule has 2 aromatic carbocycles. The Morgan fingerprint density at radius 2 is 1.87 bits per heavy atom. The SMILES string of the molecule is CC(C)c1cc2cc(NO)c(C=N)cc2n1-c1ccc(F)cc1. The lowest BCUT2D eigenvalue weighted by Gasteiger charge is -2.14. The summed E-state index contributed by atoms with van der Waals surface area (Å²) in [7, 11) is 0. The van der Waals surface area contributed by atoms with E-state index in [9.17, 15) is 9.60 Å². The molecule has 118 valence electrons. The van der Waals surface area contributed by atoms with Gasteiger partial charge >= 0.3 is 0 Å². The summed E-state index contributed by atoms with van der Waals surface area (Å²) in [5, 5.41) is 17.7. The Hall–Kier alpha value is -2.66. The second-order valence-corrected chi connectivity index (χ2v) is 5.79. The summed E-state index contributed by atoms with van der Waals surface area (Å²) in [5.74, 6) is -0.00956. The van der Waals surface area contributed by atoms with E-state index in [4.69, 9.17) is 5.41 Å². The highest BCUT2D eigenvalue weighted by atomic mass is 19.1. The maximum Gasteiger partial charge on any atom is 0.123 e. The number of hydrogen-bond donors (Lipinski definition) is 3. The highest BCUT2D eigenvalue weighted by Gasteiger charge is 2.15. The first kappa shape index (κ1) is 15.2. The Balaban J connectivity index is 2.35. The van der Waals surface area contributed by atoms with Gasteiger partial charge in [-0.15, -0.1) is 0 Å². The molecular formula is C18H18FN3O. The van der Waals surface area contributed by atoms with Gasteiger partial charge in [-0.25, -0.2) is 4.39 Å². The Bertz CT molecular complexity index is 866. The minimum atomic E-state index is -0.275. The highest BCUT2D eigenvalue weighted by molar-refractivity contribution is 5.96. The third-order valence-corrected chi connectivity index (χ3v) is 3.95. The normalized spacial score (nSPS) is 11.2. The molecule has 0 bridgehead atoms. The van der Waals surface area contributed by atoms with Crippen LogP contribution in [-0.4, -0.2) is 16.0 Å². The fourth-order valence-corrected chi connectivity index (χ4v) is 2.81. The molecule has 0 radical (unpaired) electrons. The van der Waals surface area contributed by atoms with Gasteiger partial charge in [-0.05, 0) is 48.4 Å². The van der Waals surface area contributed by atoms with Crippen molar-refractivity contribution in [3.63, 3.8) is 0 Å². The molecule has 0 amide bonds. The molecule has 1 heterocycles. The zero-order valence-electron chi connectivity index (χ0n) is 13.0. The van der Waals surface area contributed by atoms with Gasteiger partial charge in [-0.2, -0.15) is 0 Å². The molecule has 0 unspecified atom stereocenters. The molecule has 1 aromatic heterocycles. The number of benzene rings is 2. The first-order chi connectivity index (χ1) is 11.0. The van der Waals surface area contributed by atoms with Crippen LogP contribution in [0.1, 0.15) is 31.0 Å². The number of halogens is 1. The van der Waals surface area contributed by atoms with E-state index < -0.39 is 0 Å². The number of nitrogens with one attached hydrogen (secondary N) is 2. The Labute approximate surface area is 133 Å². The van der Waals surface area contributed by atoms with E-state index >= 15 is 0 Å². The van der Waals surface area contributed by atoms with E-state index in [1.807, 2.05) is 12.1 Å². The average molecular weight is 311 g/mol. The van der Waals surface area contributed by atoms with Crippen molar-refractivity contribution in [3.05, 3.63) is 59.5 Å².